The van der Waals surface area contributed by atoms with Crippen LogP contribution in [0.25, 0.3) is 98.4 Å². The molecule has 0 saturated carbocycles. The van der Waals surface area contributed by atoms with Crippen LogP contribution in [0.15, 0.2) is 150 Å². The maximum Gasteiger partial charge on any atom is 0.227 e. The van der Waals surface area contributed by atoms with Crippen molar-refractivity contribution in [2.24, 2.45) is 0 Å². The average molecular weight is 633 g/mol. The summed E-state index contributed by atoms with van der Waals surface area (Å²) in [6.45, 7) is 0. The molecule has 0 saturated heterocycles. The lowest BCUT2D eigenvalue weighted by atomic mass is 10.0. The highest BCUT2D eigenvalue weighted by Crippen LogP contribution is 2.46. The molecule has 0 bridgehead atoms. The third-order valence-electron chi connectivity index (χ3n) is 8.92. The highest BCUT2D eigenvalue weighted by molar-refractivity contribution is 7.27. The van der Waals surface area contributed by atoms with Gasteiger partial charge in [0.05, 0.1) is 4.70 Å². The number of nitrogens with zero attached hydrogens (tertiary/aromatic N) is 4. The van der Waals surface area contributed by atoms with E-state index in [0.717, 1.165) is 54.2 Å². The van der Waals surface area contributed by atoms with E-state index in [-0.39, 0.29) is 0 Å². The van der Waals surface area contributed by atoms with Crippen LogP contribution in [0.5, 0.6) is 0 Å². The van der Waals surface area contributed by atoms with Crippen LogP contribution in [0.1, 0.15) is 0 Å². The average Bonchev–Trinajstić information content (AvgIpc) is 3.77. The zero-order valence-corrected chi connectivity index (χ0v) is 26.3. The first-order chi connectivity index (χ1) is 23.8. The van der Waals surface area contributed by atoms with Gasteiger partial charge in [-0.25, -0.2) is 19.9 Å². The Balaban J connectivity index is 1.29. The summed E-state index contributed by atoms with van der Waals surface area (Å²) in [5.41, 5.74) is 5.21. The van der Waals surface area contributed by atoms with Crippen LogP contribution in [0.3, 0.4) is 0 Å². The van der Waals surface area contributed by atoms with E-state index < -0.39 is 0 Å². The summed E-state index contributed by atoms with van der Waals surface area (Å²) in [5, 5.41) is 6.87. The number of rotatable bonds is 4. The van der Waals surface area contributed by atoms with Gasteiger partial charge < -0.3 is 4.42 Å². The SMILES string of the molecule is c1ccc(-c2nc(-c3ccccc3)nc(-c3cc4nc(-c5ccc6ccccc6c5)oc4c4c3sc3c5ccccc5ccc34)n2)cc1. The van der Waals surface area contributed by atoms with Gasteiger partial charge in [0, 0.05) is 37.7 Å². The maximum atomic E-state index is 6.71. The summed E-state index contributed by atoms with van der Waals surface area (Å²) in [7, 11) is 0. The van der Waals surface area contributed by atoms with Crippen molar-refractivity contribution in [3.05, 3.63) is 146 Å². The highest BCUT2D eigenvalue weighted by Gasteiger charge is 2.23. The summed E-state index contributed by atoms with van der Waals surface area (Å²) in [6, 6.07) is 49.8. The molecule has 3 aromatic heterocycles. The molecule has 6 heteroatoms. The number of thiophene rings is 1. The van der Waals surface area contributed by atoms with Crippen LogP contribution >= 0.6 is 11.3 Å². The van der Waals surface area contributed by atoms with Gasteiger partial charge in [0.1, 0.15) is 5.52 Å². The zero-order valence-electron chi connectivity index (χ0n) is 25.5. The molecule has 0 atom stereocenters. The summed E-state index contributed by atoms with van der Waals surface area (Å²) in [5.74, 6) is 2.42. The van der Waals surface area contributed by atoms with Gasteiger partial charge in [0.25, 0.3) is 0 Å². The van der Waals surface area contributed by atoms with Crippen molar-refractivity contribution in [3.63, 3.8) is 0 Å². The second kappa shape index (κ2) is 10.7. The van der Waals surface area contributed by atoms with Gasteiger partial charge >= 0.3 is 0 Å². The molecule has 10 aromatic rings. The zero-order chi connectivity index (χ0) is 31.6. The van der Waals surface area contributed by atoms with Crippen LogP contribution < -0.4 is 0 Å². The quantitative estimate of drug-likeness (QED) is 0.193. The number of aromatic nitrogens is 4. The molecular weight excluding hydrogens is 609 g/mol. The molecular formula is C42H24N4OS. The molecule has 0 N–H and O–H groups in total. The Labute approximate surface area is 278 Å². The third-order valence-corrected chi connectivity index (χ3v) is 10.2. The van der Waals surface area contributed by atoms with Crippen molar-refractivity contribution in [3.8, 4) is 45.6 Å². The fourth-order valence-electron chi connectivity index (χ4n) is 6.59. The third kappa shape index (κ3) is 4.31. The Morgan fingerprint density at radius 1 is 0.438 bits per heavy atom. The molecule has 0 aliphatic heterocycles. The van der Waals surface area contributed by atoms with Crippen LogP contribution in [-0.2, 0) is 0 Å². The molecule has 0 amide bonds. The van der Waals surface area contributed by atoms with Crippen molar-refractivity contribution in [1.29, 1.82) is 0 Å². The molecule has 0 fully saturated rings. The van der Waals surface area contributed by atoms with E-state index in [2.05, 4.69) is 84.9 Å². The second-order valence-electron chi connectivity index (χ2n) is 11.9. The highest BCUT2D eigenvalue weighted by atomic mass is 32.1. The minimum absolute atomic E-state index is 0.583. The minimum Gasteiger partial charge on any atom is -0.435 e. The molecule has 48 heavy (non-hydrogen) atoms. The molecule has 0 spiro atoms. The van der Waals surface area contributed by atoms with Crippen molar-refractivity contribution in [2.75, 3.05) is 0 Å². The fourth-order valence-corrected chi connectivity index (χ4v) is 7.94. The standard InChI is InChI=1S/C42H24N4OS/c1-3-13-27(14-4-1)39-44-40(28-15-5-2-6-16-28)46-41(45-39)33-24-34-36(47-42(43-34)30-20-19-25-11-7-8-17-29(25)23-30)35-32-22-21-26-12-9-10-18-31(26)37(32)48-38(33)35/h1-24H. The number of fused-ring (bicyclic) bond motifs is 8. The van der Waals surface area contributed by atoms with E-state index in [1.54, 1.807) is 11.3 Å². The number of hydrogen-bond acceptors (Lipinski definition) is 6. The van der Waals surface area contributed by atoms with Crippen LogP contribution in [0, 0.1) is 0 Å². The second-order valence-corrected chi connectivity index (χ2v) is 12.9. The Morgan fingerprint density at radius 2 is 1.06 bits per heavy atom. The van der Waals surface area contributed by atoms with Gasteiger partial charge in [-0.3, -0.25) is 0 Å². The van der Waals surface area contributed by atoms with Crippen molar-refractivity contribution >= 4 is 64.2 Å². The Morgan fingerprint density at radius 3 is 1.81 bits per heavy atom. The van der Waals surface area contributed by atoms with Crippen molar-refractivity contribution in [1.82, 2.24) is 19.9 Å². The van der Waals surface area contributed by atoms with Crippen LogP contribution in [0.2, 0.25) is 0 Å². The Kier molecular flexibility index (Phi) is 5.98. The van der Waals surface area contributed by atoms with Gasteiger partial charge in [-0.05, 0) is 39.7 Å². The van der Waals surface area contributed by atoms with E-state index >= 15 is 0 Å². The molecule has 5 nitrogen and oxygen atoms in total. The van der Waals surface area contributed by atoms with E-state index in [9.17, 15) is 0 Å². The normalized spacial score (nSPS) is 11.8. The van der Waals surface area contributed by atoms with E-state index in [1.165, 1.54) is 20.9 Å². The summed E-state index contributed by atoms with van der Waals surface area (Å²) in [4.78, 5) is 20.3. The first kappa shape index (κ1) is 26.9. The largest absolute Gasteiger partial charge is 0.435 e. The van der Waals surface area contributed by atoms with Crippen LogP contribution in [0.4, 0.5) is 0 Å². The smallest absolute Gasteiger partial charge is 0.227 e. The van der Waals surface area contributed by atoms with Gasteiger partial charge in [-0.2, -0.15) is 0 Å². The molecule has 0 radical (unpaired) electrons. The lowest BCUT2D eigenvalue weighted by molar-refractivity contribution is 0.623. The first-order valence-electron chi connectivity index (χ1n) is 15.8. The monoisotopic (exact) mass is 632 g/mol. The lowest BCUT2D eigenvalue weighted by Gasteiger charge is -2.09. The number of oxazole rings is 1. The topological polar surface area (TPSA) is 64.7 Å². The molecule has 7 aromatic carbocycles. The molecule has 224 valence electrons. The predicted molar refractivity (Wildman–Crippen MR) is 197 cm³/mol. The van der Waals surface area contributed by atoms with Gasteiger partial charge in [0.2, 0.25) is 5.89 Å². The maximum absolute atomic E-state index is 6.71. The number of hydrogen-bond donors (Lipinski definition) is 0. The summed E-state index contributed by atoms with van der Waals surface area (Å²) >= 11 is 1.75. The van der Waals surface area contributed by atoms with E-state index in [1.807, 2.05) is 60.7 Å². The lowest BCUT2D eigenvalue weighted by Crippen LogP contribution is -2.00. The molecule has 0 aliphatic carbocycles. The molecule has 10 rings (SSSR count). The molecule has 3 heterocycles. The van der Waals surface area contributed by atoms with Gasteiger partial charge in [0.15, 0.2) is 23.1 Å². The molecule has 0 unspecified atom stereocenters. The van der Waals surface area contributed by atoms with Crippen LogP contribution in [-0.4, -0.2) is 19.9 Å². The fraction of sp³-hybridized carbons (Fsp3) is 0. The molecule has 0 aliphatic rings. The van der Waals surface area contributed by atoms with Crippen molar-refractivity contribution in [2.45, 2.75) is 0 Å². The Bertz CT molecular complexity index is 2780. The van der Waals surface area contributed by atoms with Crippen molar-refractivity contribution < 1.29 is 4.42 Å². The minimum atomic E-state index is 0.583. The summed E-state index contributed by atoms with van der Waals surface area (Å²) in [6.07, 6.45) is 0. The Hall–Kier alpha value is -6.24. The predicted octanol–water partition coefficient (Wildman–Crippen LogP) is 11.4. The van der Waals surface area contributed by atoms with E-state index in [4.69, 9.17) is 24.4 Å². The summed E-state index contributed by atoms with van der Waals surface area (Å²) < 4.78 is 8.96. The van der Waals surface area contributed by atoms with Gasteiger partial charge in [-0.1, -0.05) is 127 Å². The van der Waals surface area contributed by atoms with E-state index in [0.29, 0.717) is 23.4 Å². The first-order valence-corrected chi connectivity index (χ1v) is 16.6. The number of benzene rings is 7. The van der Waals surface area contributed by atoms with Gasteiger partial charge in [-0.15, -0.1) is 11.3 Å².